The number of Topliss-reactive ketones (excluding diaryl/α,β-unsaturated/α-hetero) is 1. The molecule has 3 amide bonds. The molecule has 3 atom stereocenters. The monoisotopic (exact) mass is 586 g/mol. The number of rotatable bonds is 12. The van der Waals surface area contributed by atoms with Gasteiger partial charge < -0.3 is 31.2 Å². The molecule has 0 saturated carbocycles. The minimum absolute atomic E-state index is 0.0540. The van der Waals surface area contributed by atoms with Gasteiger partial charge in [0.25, 0.3) is 0 Å². The molecule has 5 N–H and O–H groups in total. The van der Waals surface area contributed by atoms with E-state index in [1.165, 1.54) is 10.5 Å². The van der Waals surface area contributed by atoms with Crippen LogP contribution in [-0.2, 0) is 27.9 Å². The van der Waals surface area contributed by atoms with Crippen LogP contribution in [0, 0.1) is 0 Å². The van der Waals surface area contributed by atoms with Crippen molar-refractivity contribution in [2.45, 2.75) is 56.7 Å². The molecule has 2 saturated heterocycles. The SMILES string of the molecule is Cn1c(C(=O)[C@H](CCCN=C(N)N)NC(=O)[C@@H]2CC[C@H]3C(=O)N(CCCc4ccccc4)CC(=O)N23)nc2ccccc21. The van der Waals surface area contributed by atoms with Crippen LogP contribution in [0.3, 0.4) is 0 Å². The van der Waals surface area contributed by atoms with E-state index >= 15 is 0 Å². The van der Waals surface area contributed by atoms with Crippen molar-refractivity contribution in [3.05, 3.63) is 66.0 Å². The van der Waals surface area contributed by atoms with Crippen LogP contribution in [0.25, 0.3) is 11.0 Å². The lowest BCUT2D eigenvalue weighted by Gasteiger charge is -2.38. The van der Waals surface area contributed by atoms with Crippen molar-refractivity contribution in [3.8, 4) is 0 Å². The van der Waals surface area contributed by atoms with Crippen molar-refractivity contribution < 1.29 is 19.2 Å². The number of aryl methyl sites for hydroxylation is 2. The van der Waals surface area contributed by atoms with Crippen LogP contribution in [0.1, 0.15) is 48.3 Å². The highest BCUT2D eigenvalue weighted by molar-refractivity contribution is 6.03. The summed E-state index contributed by atoms with van der Waals surface area (Å²) in [5.74, 6) is -1.04. The predicted octanol–water partition coefficient (Wildman–Crippen LogP) is 1.13. The van der Waals surface area contributed by atoms with Gasteiger partial charge in [-0.2, -0.15) is 0 Å². The molecule has 2 aromatic carbocycles. The average molecular weight is 587 g/mol. The summed E-state index contributed by atoms with van der Waals surface area (Å²) < 4.78 is 1.71. The first-order valence-electron chi connectivity index (χ1n) is 14.7. The van der Waals surface area contributed by atoms with Crippen molar-refractivity contribution in [3.63, 3.8) is 0 Å². The third-order valence-corrected chi connectivity index (χ3v) is 8.22. The van der Waals surface area contributed by atoms with E-state index in [0.29, 0.717) is 31.3 Å². The lowest BCUT2D eigenvalue weighted by atomic mass is 10.0. The quantitative estimate of drug-likeness (QED) is 0.124. The van der Waals surface area contributed by atoms with E-state index in [1.807, 2.05) is 54.6 Å². The number of carbonyl (C=O) groups excluding carboxylic acids is 4. The van der Waals surface area contributed by atoms with Gasteiger partial charge >= 0.3 is 0 Å². The van der Waals surface area contributed by atoms with Crippen molar-refractivity contribution >= 4 is 40.5 Å². The van der Waals surface area contributed by atoms with Gasteiger partial charge in [0, 0.05) is 20.1 Å². The van der Waals surface area contributed by atoms with Crippen LogP contribution in [0.15, 0.2) is 59.6 Å². The van der Waals surface area contributed by atoms with E-state index in [0.717, 1.165) is 18.4 Å². The minimum Gasteiger partial charge on any atom is -0.370 e. The number of guanidine groups is 1. The average Bonchev–Trinajstić information content (AvgIpc) is 3.60. The van der Waals surface area contributed by atoms with Gasteiger partial charge in [-0.25, -0.2) is 4.98 Å². The molecule has 3 heterocycles. The van der Waals surface area contributed by atoms with Crippen LogP contribution in [0.2, 0.25) is 0 Å². The third kappa shape index (κ3) is 6.52. The fraction of sp³-hybridized carbons (Fsp3) is 0.419. The largest absolute Gasteiger partial charge is 0.370 e. The molecule has 2 aliphatic rings. The standard InChI is InChI=1S/C31H38N8O4/c1-37-23-14-6-5-12-21(23)35-28(37)27(41)22(13-7-17-34-31(32)33)36-29(42)24-15-16-25-30(43)38(19-26(40)39(24)25)18-8-11-20-9-3-2-4-10-20/h2-6,9-10,12,14,22,24-25H,7-8,11,13,15-19H2,1H3,(H,36,42)(H4,32,33,34)/t22-,24-,25-/m0/s1. The zero-order valence-corrected chi connectivity index (χ0v) is 24.3. The highest BCUT2D eigenvalue weighted by Crippen LogP contribution is 2.30. The van der Waals surface area contributed by atoms with Gasteiger partial charge in [0.05, 0.1) is 23.6 Å². The highest BCUT2D eigenvalue weighted by atomic mass is 16.2. The van der Waals surface area contributed by atoms with E-state index < -0.39 is 24.0 Å². The molecule has 12 nitrogen and oxygen atoms in total. The number of aromatic nitrogens is 2. The van der Waals surface area contributed by atoms with Crippen LogP contribution in [-0.4, -0.2) is 86.6 Å². The number of imidazole rings is 1. The molecule has 0 radical (unpaired) electrons. The normalized spacial score (nSPS) is 18.9. The Hall–Kier alpha value is -4.74. The summed E-state index contributed by atoms with van der Waals surface area (Å²) in [4.78, 5) is 65.5. The number of amides is 3. The highest BCUT2D eigenvalue weighted by Gasteiger charge is 2.49. The maximum absolute atomic E-state index is 13.7. The van der Waals surface area contributed by atoms with Crippen molar-refractivity contribution in [1.29, 1.82) is 0 Å². The molecule has 0 unspecified atom stereocenters. The van der Waals surface area contributed by atoms with Crippen molar-refractivity contribution in [2.75, 3.05) is 19.6 Å². The number of carbonyl (C=O) groups is 4. The van der Waals surface area contributed by atoms with Crippen LogP contribution in [0.5, 0.6) is 0 Å². The molecule has 12 heteroatoms. The van der Waals surface area contributed by atoms with E-state index in [2.05, 4.69) is 15.3 Å². The van der Waals surface area contributed by atoms with E-state index in [-0.39, 0.29) is 48.9 Å². The van der Waals surface area contributed by atoms with Crippen LogP contribution < -0.4 is 16.8 Å². The third-order valence-electron chi connectivity index (χ3n) is 8.22. The second-order valence-corrected chi connectivity index (χ2v) is 11.1. The Morgan fingerprint density at radius 3 is 2.53 bits per heavy atom. The molecule has 2 aliphatic heterocycles. The maximum Gasteiger partial charge on any atom is 0.245 e. The Morgan fingerprint density at radius 2 is 1.79 bits per heavy atom. The zero-order valence-electron chi connectivity index (χ0n) is 24.3. The Bertz CT molecular complexity index is 1530. The first-order valence-corrected chi connectivity index (χ1v) is 14.7. The first kappa shape index (κ1) is 29.7. The van der Waals surface area contributed by atoms with E-state index in [1.54, 1.807) is 16.5 Å². The van der Waals surface area contributed by atoms with Gasteiger partial charge in [-0.15, -0.1) is 0 Å². The summed E-state index contributed by atoms with van der Waals surface area (Å²) in [5, 5.41) is 2.88. The minimum atomic E-state index is -0.915. The summed E-state index contributed by atoms with van der Waals surface area (Å²) in [5.41, 5.74) is 13.5. The summed E-state index contributed by atoms with van der Waals surface area (Å²) >= 11 is 0. The number of nitrogens with two attached hydrogens (primary N) is 2. The summed E-state index contributed by atoms with van der Waals surface area (Å²) in [7, 11) is 1.76. The number of ketones is 1. The summed E-state index contributed by atoms with van der Waals surface area (Å²) in [6.07, 6.45) is 2.99. The molecular formula is C31H38N8O4. The number of para-hydroxylation sites is 2. The summed E-state index contributed by atoms with van der Waals surface area (Å²) in [6.45, 7) is 0.703. The van der Waals surface area contributed by atoms with Gasteiger partial charge in [-0.3, -0.25) is 24.2 Å². The lowest BCUT2D eigenvalue weighted by molar-refractivity contribution is -0.157. The van der Waals surface area contributed by atoms with Gasteiger partial charge in [-0.1, -0.05) is 42.5 Å². The van der Waals surface area contributed by atoms with Crippen LogP contribution >= 0.6 is 0 Å². The van der Waals surface area contributed by atoms with E-state index in [4.69, 9.17) is 11.5 Å². The Kier molecular flexibility index (Phi) is 9.03. The van der Waals surface area contributed by atoms with Gasteiger partial charge in [-0.05, 0) is 56.2 Å². The molecule has 3 aromatic rings. The van der Waals surface area contributed by atoms with Crippen molar-refractivity contribution in [2.24, 2.45) is 23.5 Å². The lowest BCUT2D eigenvalue weighted by Crippen LogP contribution is -2.62. The zero-order chi connectivity index (χ0) is 30.5. The summed E-state index contributed by atoms with van der Waals surface area (Å²) in [6, 6.07) is 15.0. The second-order valence-electron chi connectivity index (χ2n) is 11.1. The van der Waals surface area contributed by atoms with Gasteiger partial charge in [0.15, 0.2) is 11.8 Å². The number of nitrogens with one attached hydrogen (secondary N) is 1. The topological polar surface area (TPSA) is 169 Å². The smallest absolute Gasteiger partial charge is 0.245 e. The van der Waals surface area contributed by atoms with Gasteiger partial charge in [0.1, 0.15) is 12.1 Å². The van der Waals surface area contributed by atoms with Crippen molar-refractivity contribution in [1.82, 2.24) is 24.7 Å². The van der Waals surface area contributed by atoms with Crippen LogP contribution in [0.4, 0.5) is 0 Å². The number of benzene rings is 2. The molecule has 0 bridgehead atoms. The molecule has 226 valence electrons. The fourth-order valence-electron chi connectivity index (χ4n) is 6.06. The maximum atomic E-state index is 13.7. The molecular weight excluding hydrogens is 548 g/mol. The Morgan fingerprint density at radius 1 is 1.05 bits per heavy atom. The Labute approximate surface area is 250 Å². The number of nitrogens with zero attached hydrogens (tertiary/aromatic N) is 5. The number of fused-ring (bicyclic) bond motifs is 2. The molecule has 43 heavy (non-hydrogen) atoms. The molecule has 0 spiro atoms. The molecule has 0 aliphatic carbocycles. The van der Waals surface area contributed by atoms with E-state index in [9.17, 15) is 19.2 Å². The Balaban J connectivity index is 1.26. The number of aliphatic imine (C=N–C) groups is 1. The van der Waals surface area contributed by atoms with Gasteiger partial charge in [0.2, 0.25) is 23.5 Å². The molecule has 2 fully saturated rings. The fourth-order valence-corrected chi connectivity index (χ4v) is 6.06. The first-order chi connectivity index (χ1) is 20.7. The molecule has 5 rings (SSSR count). The number of hydrogen-bond donors (Lipinski definition) is 3. The molecule has 1 aromatic heterocycles. The second kappa shape index (κ2) is 13.1. The number of hydrogen-bond acceptors (Lipinski definition) is 6. The predicted molar refractivity (Wildman–Crippen MR) is 162 cm³/mol. The number of piperazine rings is 1.